The maximum atomic E-state index is 15.5. The molecule has 0 bridgehead atoms. The van der Waals surface area contributed by atoms with Gasteiger partial charge in [-0.3, -0.25) is 0 Å². The smallest absolute Gasteiger partial charge is 0.171 e. The Hall–Kier alpha value is -4.33. The van der Waals surface area contributed by atoms with Gasteiger partial charge in [-0.1, -0.05) is 115 Å². The summed E-state index contributed by atoms with van der Waals surface area (Å²) >= 11 is 0. The Bertz CT molecular complexity index is 1780. The minimum absolute atomic E-state index is 0.806. The van der Waals surface area contributed by atoms with E-state index in [9.17, 15) is 0 Å². The van der Waals surface area contributed by atoms with Crippen LogP contribution in [-0.2, 0) is 11.6 Å². The molecule has 5 aromatic carbocycles. The lowest BCUT2D eigenvalue weighted by molar-refractivity contribution is 0.415. The number of aromatic nitrogens is 1. The highest BCUT2D eigenvalue weighted by molar-refractivity contribution is 7.85. The summed E-state index contributed by atoms with van der Waals surface area (Å²) < 4.78 is 23.4. The number of hydrogen-bond acceptors (Lipinski definition) is 2. The van der Waals surface area contributed by atoms with Crippen molar-refractivity contribution in [2.45, 2.75) is 6.92 Å². The molecule has 0 aliphatic heterocycles. The van der Waals surface area contributed by atoms with Crippen molar-refractivity contribution in [3.8, 4) is 28.1 Å². The van der Waals surface area contributed by atoms with Crippen molar-refractivity contribution < 1.29 is 9.30 Å². The number of methoxy groups -OCH3 is 1. The Morgan fingerprint density at radius 2 is 1.28 bits per heavy atom. The first-order chi connectivity index (χ1) is 19.0. The largest absolute Gasteiger partial charge is 0.497 e. The fourth-order valence-corrected chi connectivity index (χ4v) is 8.38. The molecule has 192 valence electrons. The standard InChI is InChI=1S/C35H30NO2P/c1-25-18-20-26(21-19-25)34-31-24-27(38-3)22-23-32(31)36(2)35(34)30-16-10-11-17-33(30)39(37,28-12-6-4-7-13-28)29-14-8-5-9-15-29/h4-24H,1-3H3. The van der Waals surface area contributed by atoms with Crippen molar-refractivity contribution in [1.29, 1.82) is 0 Å². The molecule has 3 nitrogen and oxygen atoms in total. The fourth-order valence-electron chi connectivity index (χ4n) is 5.53. The molecule has 0 atom stereocenters. The van der Waals surface area contributed by atoms with Crippen LogP contribution in [0, 0.1) is 6.92 Å². The zero-order chi connectivity index (χ0) is 27.0. The zero-order valence-electron chi connectivity index (χ0n) is 22.3. The topological polar surface area (TPSA) is 31.2 Å². The van der Waals surface area contributed by atoms with Crippen LogP contribution < -0.4 is 20.7 Å². The number of rotatable bonds is 6. The summed E-state index contributed by atoms with van der Waals surface area (Å²) in [5.74, 6) is 0.806. The molecule has 0 amide bonds. The zero-order valence-corrected chi connectivity index (χ0v) is 23.2. The third-order valence-corrected chi connectivity index (χ3v) is 10.6. The van der Waals surface area contributed by atoms with Gasteiger partial charge in [0.05, 0.1) is 12.8 Å². The number of aryl methyl sites for hydroxylation is 2. The monoisotopic (exact) mass is 527 g/mol. The Balaban J connectivity index is 1.73. The van der Waals surface area contributed by atoms with Crippen molar-refractivity contribution in [3.63, 3.8) is 0 Å². The Morgan fingerprint density at radius 1 is 0.692 bits per heavy atom. The first kappa shape index (κ1) is 25.0. The van der Waals surface area contributed by atoms with Crippen LogP contribution in [0.5, 0.6) is 5.75 Å². The Labute approximate surface area is 229 Å². The van der Waals surface area contributed by atoms with Gasteiger partial charge in [0.1, 0.15) is 5.75 Å². The van der Waals surface area contributed by atoms with Gasteiger partial charge in [-0.25, -0.2) is 0 Å². The van der Waals surface area contributed by atoms with Crippen molar-refractivity contribution in [2.75, 3.05) is 7.11 Å². The van der Waals surface area contributed by atoms with Gasteiger partial charge < -0.3 is 13.9 Å². The second-order valence-corrected chi connectivity index (χ2v) is 12.6. The normalized spacial score (nSPS) is 11.6. The summed E-state index contributed by atoms with van der Waals surface area (Å²) in [6.07, 6.45) is 0. The summed E-state index contributed by atoms with van der Waals surface area (Å²) in [4.78, 5) is 0. The Morgan fingerprint density at radius 3 is 1.90 bits per heavy atom. The fraction of sp³-hybridized carbons (Fsp3) is 0.0857. The molecule has 4 heteroatoms. The number of ether oxygens (including phenoxy) is 1. The van der Waals surface area contributed by atoms with E-state index in [0.717, 1.165) is 55.0 Å². The quantitative estimate of drug-likeness (QED) is 0.211. The van der Waals surface area contributed by atoms with Gasteiger partial charge >= 0.3 is 0 Å². The number of benzene rings is 5. The van der Waals surface area contributed by atoms with Crippen molar-refractivity contribution in [3.05, 3.63) is 133 Å². The molecule has 0 spiro atoms. The summed E-state index contributed by atoms with van der Waals surface area (Å²) in [5, 5.41) is 3.57. The van der Waals surface area contributed by atoms with Gasteiger partial charge in [0.2, 0.25) is 0 Å². The summed E-state index contributed by atoms with van der Waals surface area (Å²) in [7, 11) is 0.573. The van der Waals surface area contributed by atoms with Crippen LogP contribution in [0.4, 0.5) is 0 Å². The van der Waals surface area contributed by atoms with Gasteiger partial charge in [-0.2, -0.15) is 0 Å². The number of hydrogen-bond donors (Lipinski definition) is 0. The predicted molar refractivity (Wildman–Crippen MR) is 164 cm³/mol. The lowest BCUT2D eigenvalue weighted by Crippen LogP contribution is -2.26. The highest BCUT2D eigenvalue weighted by Gasteiger charge is 2.33. The third-order valence-electron chi connectivity index (χ3n) is 7.48. The molecule has 0 aliphatic rings. The van der Waals surface area contributed by atoms with E-state index in [4.69, 9.17) is 4.74 Å². The van der Waals surface area contributed by atoms with Crippen molar-refractivity contribution >= 4 is 34.0 Å². The highest BCUT2D eigenvalue weighted by Crippen LogP contribution is 2.48. The molecule has 0 aliphatic carbocycles. The SMILES string of the molecule is COc1ccc2c(c1)c(-c1ccc(C)cc1)c(-c1ccccc1P(=O)(c1ccccc1)c1ccccc1)n2C. The number of fused-ring (bicyclic) bond motifs is 1. The molecule has 0 fully saturated rings. The third kappa shape index (κ3) is 4.20. The molecule has 1 heterocycles. The highest BCUT2D eigenvalue weighted by atomic mass is 31.2. The van der Waals surface area contributed by atoms with Gasteiger partial charge in [-0.15, -0.1) is 0 Å². The molecular formula is C35H30NO2P. The van der Waals surface area contributed by atoms with Crippen LogP contribution in [0.15, 0.2) is 127 Å². The summed E-state index contributed by atoms with van der Waals surface area (Å²) in [5.41, 5.74) is 6.50. The second kappa shape index (κ2) is 10.1. The van der Waals surface area contributed by atoms with E-state index in [0.29, 0.717) is 0 Å². The van der Waals surface area contributed by atoms with E-state index in [2.05, 4.69) is 61.0 Å². The lowest BCUT2D eigenvalue weighted by Gasteiger charge is -2.23. The number of nitrogens with zero attached hydrogens (tertiary/aromatic N) is 1. The predicted octanol–water partition coefficient (Wildman–Crippen LogP) is 7.47. The summed E-state index contributed by atoms with van der Waals surface area (Å²) in [6.45, 7) is 2.10. The van der Waals surface area contributed by atoms with E-state index >= 15 is 4.57 Å². The van der Waals surface area contributed by atoms with E-state index in [1.165, 1.54) is 5.56 Å². The molecule has 6 rings (SSSR count). The van der Waals surface area contributed by atoms with Crippen LogP contribution in [-0.4, -0.2) is 11.7 Å². The minimum atomic E-state index is -3.22. The van der Waals surface area contributed by atoms with E-state index in [1.54, 1.807) is 7.11 Å². The van der Waals surface area contributed by atoms with E-state index in [1.807, 2.05) is 84.9 Å². The minimum Gasteiger partial charge on any atom is -0.497 e. The van der Waals surface area contributed by atoms with Gasteiger partial charge in [0.15, 0.2) is 7.14 Å². The van der Waals surface area contributed by atoms with E-state index < -0.39 is 7.14 Å². The van der Waals surface area contributed by atoms with Gasteiger partial charge in [0.25, 0.3) is 0 Å². The van der Waals surface area contributed by atoms with Crippen LogP contribution in [0.3, 0.4) is 0 Å². The van der Waals surface area contributed by atoms with Crippen LogP contribution in [0.2, 0.25) is 0 Å². The molecule has 39 heavy (non-hydrogen) atoms. The summed E-state index contributed by atoms with van der Waals surface area (Å²) in [6, 6.07) is 42.7. The maximum absolute atomic E-state index is 15.5. The lowest BCUT2D eigenvalue weighted by atomic mass is 9.97. The van der Waals surface area contributed by atoms with Gasteiger partial charge in [-0.05, 0) is 30.7 Å². The molecule has 0 saturated heterocycles. The molecule has 0 N–H and O–H groups in total. The van der Waals surface area contributed by atoms with E-state index in [-0.39, 0.29) is 0 Å². The average molecular weight is 528 g/mol. The van der Waals surface area contributed by atoms with Crippen LogP contribution in [0.25, 0.3) is 33.3 Å². The first-order valence-electron chi connectivity index (χ1n) is 13.1. The van der Waals surface area contributed by atoms with Crippen LogP contribution >= 0.6 is 7.14 Å². The molecule has 0 radical (unpaired) electrons. The molecule has 0 saturated carbocycles. The van der Waals surface area contributed by atoms with Crippen molar-refractivity contribution in [1.82, 2.24) is 4.57 Å². The van der Waals surface area contributed by atoms with Crippen molar-refractivity contribution in [2.24, 2.45) is 7.05 Å². The second-order valence-electron chi connectivity index (χ2n) is 9.83. The average Bonchev–Trinajstić information content (AvgIpc) is 3.29. The molecule has 0 unspecified atom stereocenters. The van der Waals surface area contributed by atoms with Crippen LogP contribution in [0.1, 0.15) is 5.56 Å². The molecular weight excluding hydrogens is 497 g/mol. The Kier molecular flexibility index (Phi) is 6.46. The molecule has 6 aromatic rings. The van der Waals surface area contributed by atoms with Gasteiger partial charge in [0, 0.05) is 45.0 Å². The molecule has 1 aromatic heterocycles. The maximum Gasteiger partial charge on any atom is 0.171 e. The first-order valence-corrected chi connectivity index (χ1v) is 14.8.